The zero-order valence-electron chi connectivity index (χ0n) is 6.04. The van der Waals surface area contributed by atoms with Crippen LogP contribution in [0.25, 0.3) is 4.85 Å². The van der Waals surface area contributed by atoms with Gasteiger partial charge in [-0.3, -0.25) is 4.67 Å². The van der Waals surface area contributed by atoms with E-state index in [1.807, 2.05) is 14.1 Å². The van der Waals surface area contributed by atoms with Crippen LogP contribution in [0.4, 0.5) is 0 Å². The number of rotatable bonds is 4. The molecule has 0 aromatic carbocycles. The Morgan fingerprint density at radius 3 is 2.70 bits per heavy atom. The molecular weight excluding hydrogens is 170 g/mol. The summed E-state index contributed by atoms with van der Waals surface area (Å²) in [7, 11) is 2.70. The Hall–Kier alpha value is 0.130. The van der Waals surface area contributed by atoms with Crippen LogP contribution in [0.3, 0.4) is 0 Å². The Kier molecular flexibility index (Phi) is 5.96. The first kappa shape index (κ1) is 10.1. The van der Waals surface area contributed by atoms with Crippen molar-refractivity contribution < 1.29 is 4.52 Å². The van der Waals surface area contributed by atoms with Gasteiger partial charge in [0.05, 0.1) is 0 Å². The van der Waals surface area contributed by atoms with Crippen LogP contribution >= 0.6 is 18.9 Å². The van der Waals surface area contributed by atoms with Gasteiger partial charge in [0, 0.05) is 0 Å². The van der Waals surface area contributed by atoms with Gasteiger partial charge in [-0.25, -0.2) is 6.57 Å². The third kappa shape index (κ3) is 4.96. The van der Waals surface area contributed by atoms with E-state index < -0.39 is 7.65 Å². The Bertz CT molecular complexity index is 125. The minimum Gasteiger partial charge on any atom is -0.324 e. The molecule has 0 aromatic rings. The molecule has 0 radical (unpaired) electrons. The maximum absolute atomic E-state index is 6.45. The predicted octanol–water partition coefficient (Wildman–Crippen LogP) is 1.95. The summed E-state index contributed by atoms with van der Waals surface area (Å²) in [5, 5.41) is 0. The lowest BCUT2D eigenvalue weighted by molar-refractivity contribution is 0.356. The van der Waals surface area contributed by atoms with Crippen molar-refractivity contribution in [3.05, 3.63) is 11.4 Å². The number of halogens is 1. The van der Waals surface area contributed by atoms with Crippen molar-refractivity contribution in [2.24, 2.45) is 0 Å². The van der Waals surface area contributed by atoms with Gasteiger partial charge in [0.25, 0.3) is 0 Å². The summed E-state index contributed by atoms with van der Waals surface area (Å²) in [5.41, 5.74) is 0. The van der Waals surface area contributed by atoms with Crippen molar-refractivity contribution in [2.45, 2.75) is 0 Å². The average molecular weight is 181 g/mol. The lowest BCUT2D eigenvalue weighted by atomic mass is 10.7. The van der Waals surface area contributed by atoms with Gasteiger partial charge < -0.3 is 9.37 Å². The maximum Gasteiger partial charge on any atom is 0.238 e. The van der Waals surface area contributed by atoms with E-state index in [1.54, 1.807) is 4.67 Å². The van der Waals surface area contributed by atoms with Gasteiger partial charge in [-0.05, 0) is 25.3 Å². The van der Waals surface area contributed by atoms with E-state index in [0.29, 0.717) is 13.2 Å². The van der Waals surface area contributed by atoms with Gasteiger partial charge in [0.15, 0.2) is 0 Å². The highest BCUT2D eigenvalue weighted by Gasteiger charge is 2.07. The first-order chi connectivity index (χ1) is 4.68. The highest BCUT2D eigenvalue weighted by Crippen LogP contribution is 2.43. The summed E-state index contributed by atoms with van der Waals surface area (Å²) in [6, 6.07) is 0. The minimum absolute atomic E-state index is 0.388. The molecule has 0 N–H and O–H groups in total. The van der Waals surface area contributed by atoms with E-state index >= 15 is 0 Å². The second kappa shape index (κ2) is 5.88. The van der Waals surface area contributed by atoms with Crippen LogP contribution in [0, 0.1) is 6.57 Å². The zero-order valence-corrected chi connectivity index (χ0v) is 7.69. The molecule has 0 heterocycles. The van der Waals surface area contributed by atoms with Gasteiger partial charge in [0.1, 0.15) is 6.61 Å². The fourth-order valence-corrected chi connectivity index (χ4v) is 0.948. The van der Waals surface area contributed by atoms with E-state index in [9.17, 15) is 0 Å². The van der Waals surface area contributed by atoms with Gasteiger partial charge in [-0.15, -0.1) is 0 Å². The third-order valence-corrected chi connectivity index (χ3v) is 2.94. The molecule has 0 aliphatic heterocycles. The second-order valence-corrected chi connectivity index (χ2v) is 4.17. The Balaban J connectivity index is 3.23. The highest BCUT2D eigenvalue weighted by atomic mass is 35.7. The lowest BCUT2D eigenvalue weighted by Crippen LogP contribution is -2.04. The number of nitrogens with zero attached hydrogens (tertiary/aromatic N) is 2. The standard InChI is InChI=1S/C5H10ClN2OP/c1-7-4-5-9-10(6)8(2)3/h4-5H2,2-3H3. The smallest absolute Gasteiger partial charge is 0.238 e. The molecule has 0 fully saturated rings. The summed E-state index contributed by atoms with van der Waals surface area (Å²) in [6.07, 6.45) is 0. The molecule has 3 nitrogen and oxygen atoms in total. The fraction of sp³-hybridized carbons (Fsp3) is 0.800. The summed E-state index contributed by atoms with van der Waals surface area (Å²) < 4.78 is 6.88. The SMILES string of the molecule is [C-]#[N+]CCOP(Cl)N(C)C. The molecule has 0 rings (SSSR count). The molecule has 0 aliphatic carbocycles. The van der Waals surface area contributed by atoms with E-state index in [0.717, 1.165) is 0 Å². The number of hydrogen-bond acceptors (Lipinski definition) is 2. The summed E-state index contributed by atoms with van der Waals surface area (Å²) in [4.78, 5) is 3.13. The summed E-state index contributed by atoms with van der Waals surface area (Å²) >= 11 is 5.72. The Morgan fingerprint density at radius 2 is 2.30 bits per heavy atom. The normalized spacial score (nSPS) is 13.1. The Labute approximate surface area is 67.4 Å². The molecule has 0 spiro atoms. The predicted molar refractivity (Wildman–Crippen MR) is 43.9 cm³/mol. The van der Waals surface area contributed by atoms with Crippen LogP contribution in [0.2, 0.25) is 0 Å². The molecule has 0 aliphatic rings. The van der Waals surface area contributed by atoms with Crippen molar-refractivity contribution in [2.75, 3.05) is 27.2 Å². The monoisotopic (exact) mass is 180 g/mol. The molecule has 0 saturated heterocycles. The van der Waals surface area contributed by atoms with Crippen molar-refractivity contribution in [3.63, 3.8) is 0 Å². The quantitative estimate of drug-likeness (QED) is 0.374. The highest BCUT2D eigenvalue weighted by molar-refractivity contribution is 7.78. The first-order valence-electron chi connectivity index (χ1n) is 2.77. The van der Waals surface area contributed by atoms with Crippen LogP contribution in [0.15, 0.2) is 0 Å². The second-order valence-electron chi connectivity index (χ2n) is 1.79. The van der Waals surface area contributed by atoms with Gasteiger partial charge >= 0.3 is 0 Å². The molecule has 0 bridgehead atoms. The molecule has 0 saturated carbocycles. The van der Waals surface area contributed by atoms with Crippen molar-refractivity contribution in [1.82, 2.24) is 4.67 Å². The van der Waals surface area contributed by atoms with Crippen molar-refractivity contribution in [3.8, 4) is 0 Å². The van der Waals surface area contributed by atoms with Gasteiger partial charge in [-0.1, -0.05) is 0 Å². The molecular formula is C5H10ClN2OP. The van der Waals surface area contributed by atoms with Crippen molar-refractivity contribution >= 4 is 18.9 Å². The topological polar surface area (TPSA) is 16.8 Å². The third-order valence-electron chi connectivity index (χ3n) is 0.715. The molecule has 10 heavy (non-hydrogen) atoms. The van der Waals surface area contributed by atoms with Crippen LogP contribution in [-0.2, 0) is 4.52 Å². The van der Waals surface area contributed by atoms with Crippen LogP contribution in [0.1, 0.15) is 0 Å². The molecule has 1 atom stereocenters. The molecule has 0 amide bonds. The zero-order chi connectivity index (χ0) is 7.98. The molecule has 5 heteroatoms. The maximum atomic E-state index is 6.45. The van der Waals surface area contributed by atoms with Gasteiger partial charge in [0.2, 0.25) is 14.2 Å². The van der Waals surface area contributed by atoms with Crippen LogP contribution in [0.5, 0.6) is 0 Å². The Morgan fingerprint density at radius 1 is 1.70 bits per heavy atom. The van der Waals surface area contributed by atoms with Crippen LogP contribution < -0.4 is 0 Å². The van der Waals surface area contributed by atoms with E-state index in [-0.39, 0.29) is 0 Å². The van der Waals surface area contributed by atoms with E-state index in [1.165, 1.54) is 0 Å². The summed E-state index contributed by atoms with van der Waals surface area (Å²) in [6.45, 7) is 7.27. The van der Waals surface area contributed by atoms with Crippen LogP contribution in [-0.4, -0.2) is 31.9 Å². The van der Waals surface area contributed by atoms with E-state index in [2.05, 4.69) is 4.85 Å². The number of hydrogen-bond donors (Lipinski definition) is 0. The summed E-state index contributed by atoms with van der Waals surface area (Å²) in [5.74, 6) is 0. The molecule has 0 aromatic heterocycles. The van der Waals surface area contributed by atoms with Gasteiger partial charge in [-0.2, -0.15) is 0 Å². The minimum atomic E-state index is -0.989. The fourth-order valence-electron chi connectivity index (χ4n) is 0.277. The van der Waals surface area contributed by atoms with Crippen molar-refractivity contribution in [1.29, 1.82) is 0 Å². The average Bonchev–Trinajstić information content (AvgIpc) is 1.88. The molecule has 58 valence electrons. The largest absolute Gasteiger partial charge is 0.324 e. The molecule has 1 unspecified atom stereocenters. The van der Waals surface area contributed by atoms with E-state index in [4.69, 9.17) is 22.3 Å². The lowest BCUT2D eigenvalue weighted by Gasteiger charge is -2.14. The first-order valence-corrected chi connectivity index (χ1v) is 4.89.